The third kappa shape index (κ3) is 4.18. The Kier molecular flexibility index (Phi) is 5.57. The van der Waals surface area contributed by atoms with Gasteiger partial charge in [-0.15, -0.1) is 0 Å². The van der Waals surface area contributed by atoms with Crippen LogP contribution in [0.3, 0.4) is 0 Å². The maximum atomic E-state index is 5.14. The molecule has 3 N–H and O–H groups in total. The quantitative estimate of drug-likeness (QED) is 0.339. The van der Waals surface area contributed by atoms with E-state index >= 15 is 0 Å². The van der Waals surface area contributed by atoms with E-state index in [9.17, 15) is 0 Å². The molecular formula is C7H16N2. The predicted molar refractivity (Wildman–Crippen MR) is 40.9 cm³/mol. The second kappa shape index (κ2) is 5.79. The Labute approximate surface area is 57.1 Å². The average molecular weight is 128 g/mol. The van der Waals surface area contributed by atoms with Crippen LogP contribution in [-0.2, 0) is 0 Å². The number of nitrogens with two attached hydrogens (primary N) is 1. The van der Waals surface area contributed by atoms with Crippen molar-refractivity contribution in [2.75, 3.05) is 6.54 Å². The first-order valence-corrected chi connectivity index (χ1v) is 3.46. The fourth-order valence-electron chi connectivity index (χ4n) is 0.761. The molecule has 0 radical (unpaired) electrons. The van der Waals surface area contributed by atoms with E-state index in [-0.39, 0.29) is 0 Å². The molecule has 0 atom stereocenters. The molecular weight excluding hydrogens is 112 g/mol. The van der Waals surface area contributed by atoms with Crippen LogP contribution >= 0.6 is 0 Å². The Morgan fingerprint density at radius 3 is 2.56 bits per heavy atom. The van der Waals surface area contributed by atoms with Crippen LogP contribution in [0.1, 0.15) is 26.7 Å². The highest BCUT2D eigenvalue weighted by Crippen LogP contribution is 1.98. The summed E-state index contributed by atoms with van der Waals surface area (Å²) < 4.78 is 0. The Balaban J connectivity index is 3.53. The van der Waals surface area contributed by atoms with Gasteiger partial charge in [-0.25, -0.2) is 0 Å². The number of hydrogen-bond acceptors (Lipinski definition) is 2. The third-order valence-corrected chi connectivity index (χ3v) is 1.28. The third-order valence-electron chi connectivity index (χ3n) is 1.28. The molecule has 0 aromatic heterocycles. The van der Waals surface area contributed by atoms with Crippen molar-refractivity contribution in [2.24, 2.45) is 5.84 Å². The molecule has 2 heteroatoms. The van der Waals surface area contributed by atoms with E-state index in [1.165, 1.54) is 5.57 Å². The smallest absolute Gasteiger partial charge is 0.0307 e. The summed E-state index contributed by atoms with van der Waals surface area (Å²) in [6.45, 7) is 5.09. The van der Waals surface area contributed by atoms with Crippen LogP contribution < -0.4 is 11.3 Å². The molecule has 0 saturated carbocycles. The molecule has 0 aromatic rings. The molecule has 0 aromatic carbocycles. The summed E-state index contributed by atoms with van der Waals surface area (Å²) in [5.41, 5.74) is 4.02. The zero-order valence-electron chi connectivity index (χ0n) is 6.28. The lowest BCUT2D eigenvalue weighted by molar-refractivity contribution is 0.770. The SMILES string of the molecule is CC/C=C(\CC)CNN. The van der Waals surface area contributed by atoms with Gasteiger partial charge in [0.1, 0.15) is 0 Å². The molecule has 0 aliphatic heterocycles. The lowest BCUT2D eigenvalue weighted by atomic mass is 10.2. The Morgan fingerprint density at radius 2 is 2.22 bits per heavy atom. The Hall–Kier alpha value is -0.340. The summed E-state index contributed by atoms with van der Waals surface area (Å²) in [6.07, 6.45) is 4.41. The van der Waals surface area contributed by atoms with Crippen LogP contribution in [0.25, 0.3) is 0 Å². The molecule has 2 nitrogen and oxygen atoms in total. The minimum Gasteiger partial charge on any atom is -0.271 e. The number of allylic oxidation sites excluding steroid dienone is 1. The van der Waals surface area contributed by atoms with Gasteiger partial charge in [0.15, 0.2) is 0 Å². The van der Waals surface area contributed by atoms with Gasteiger partial charge < -0.3 is 0 Å². The summed E-state index contributed by atoms with van der Waals surface area (Å²) in [7, 11) is 0. The van der Waals surface area contributed by atoms with Gasteiger partial charge >= 0.3 is 0 Å². The van der Waals surface area contributed by atoms with Gasteiger partial charge in [0.2, 0.25) is 0 Å². The number of hydrogen-bond donors (Lipinski definition) is 2. The first kappa shape index (κ1) is 8.66. The average Bonchev–Trinajstić information content (AvgIpc) is 1.88. The summed E-state index contributed by atoms with van der Waals surface area (Å²) >= 11 is 0. The lowest BCUT2D eigenvalue weighted by Gasteiger charge is -2.00. The van der Waals surface area contributed by atoms with Crippen LogP contribution in [0.2, 0.25) is 0 Å². The van der Waals surface area contributed by atoms with Crippen molar-refractivity contribution in [2.45, 2.75) is 26.7 Å². The maximum absolute atomic E-state index is 5.14. The minimum absolute atomic E-state index is 0.824. The summed E-state index contributed by atoms with van der Waals surface area (Å²) in [5, 5.41) is 0. The van der Waals surface area contributed by atoms with E-state index in [0.29, 0.717) is 0 Å². The lowest BCUT2D eigenvalue weighted by Crippen LogP contribution is -2.24. The highest BCUT2D eigenvalue weighted by molar-refractivity contribution is 5.02. The fourth-order valence-corrected chi connectivity index (χ4v) is 0.761. The van der Waals surface area contributed by atoms with Gasteiger partial charge in [-0.05, 0) is 12.8 Å². The summed E-state index contributed by atoms with van der Waals surface area (Å²) in [6, 6.07) is 0. The van der Waals surface area contributed by atoms with Crippen LogP contribution in [0.15, 0.2) is 11.6 Å². The highest BCUT2D eigenvalue weighted by atomic mass is 15.2. The van der Waals surface area contributed by atoms with Gasteiger partial charge in [-0.3, -0.25) is 11.3 Å². The normalized spacial score (nSPS) is 12.1. The van der Waals surface area contributed by atoms with E-state index in [0.717, 1.165) is 19.4 Å². The van der Waals surface area contributed by atoms with Crippen molar-refractivity contribution in [3.63, 3.8) is 0 Å². The Bertz CT molecular complexity index is 86.9. The standard InChI is InChI=1S/C7H16N2/c1-3-5-7(4-2)6-9-8/h5,9H,3-4,6,8H2,1-2H3/b7-5+. The van der Waals surface area contributed by atoms with Gasteiger partial charge in [0, 0.05) is 6.54 Å². The van der Waals surface area contributed by atoms with Crippen LogP contribution in [0.4, 0.5) is 0 Å². The second-order valence-electron chi connectivity index (χ2n) is 2.01. The van der Waals surface area contributed by atoms with E-state index in [1.807, 2.05) is 0 Å². The Morgan fingerprint density at radius 1 is 1.56 bits per heavy atom. The molecule has 0 saturated heterocycles. The van der Waals surface area contributed by atoms with Gasteiger partial charge in [0.25, 0.3) is 0 Å². The van der Waals surface area contributed by atoms with E-state index < -0.39 is 0 Å². The van der Waals surface area contributed by atoms with E-state index in [4.69, 9.17) is 5.84 Å². The topological polar surface area (TPSA) is 38.0 Å². The summed E-state index contributed by atoms with van der Waals surface area (Å²) in [4.78, 5) is 0. The van der Waals surface area contributed by atoms with Gasteiger partial charge in [0.05, 0.1) is 0 Å². The highest BCUT2D eigenvalue weighted by Gasteiger charge is 1.88. The first-order chi connectivity index (χ1) is 4.35. The molecule has 0 aliphatic rings. The van der Waals surface area contributed by atoms with Crippen molar-refractivity contribution in [3.8, 4) is 0 Å². The van der Waals surface area contributed by atoms with Crippen LogP contribution in [0.5, 0.6) is 0 Å². The molecule has 54 valence electrons. The second-order valence-corrected chi connectivity index (χ2v) is 2.01. The molecule has 0 spiro atoms. The van der Waals surface area contributed by atoms with Crippen molar-refractivity contribution in [3.05, 3.63) is 11.6 Å². The molecule has 0 fully saturated rings. The largest absolute Gasteiger partial charge is 0.271 e. The van der Waals surface area contributed by atoms with Gasteiger partial charge in [-0.1, -0.05) is 25.5 Å². The van der Waals surface area contributed by atoms with Gasteiger partial charge in [-0.2, -0.15) is 0 Å². The van der Waals surface area contributed by atoms with Crippen molar-refractivity contribution in [1.82, 2.24) is 5.43 Å². The van der Waals surface area contributed by atoms with E-state index in [1.54, 1.807) is 0 Å². The van der Waals surface area contributed by atoms with Crippen LogP contribution in [0, 0.1) is 0 Å². The number of rotatable bonds is 4. The molecule has 0 bridgehead atoms. The zero-order chi connectivity index (χ0) is 7.11. The predicted octanol–water partition coefficient (Wildman–Crippen LogP) is 1.20. The van der Waals surface area contributed by atoms with E-state index in [2.05, 4.69) is 25.3 Å². The maximum Gasteiger partial charge on any atom is 0.0307 e. The summed E-state index contributed by atoms with van der Waals surface area (Å²) in [5.74, 6) is 5.14. The molecule has 9 heavy (non-hydrogen) atoms. The number of nitrogens with one attached hydrogen (secondary N) is 1. The molecule has 0 amide bonds. The molecule has 0 aliphatic carbocycles. The fraction of sp³-hybridized carbons (Fsp3) is 0.714. The zero-order valence-corrected chi connectivity index (χ0v) is 6.28. The number of hydrazine groups is 1. The molecule has 0 heterocycles. The van der Waals surface area contributed by atoms with Crippen molar-refractivity contribution < 1.29 is 0 Å². The minimum atomic E-state index is 0.824. The molecule has 0 rings (SSSR count). The monoisotopic (exact) mass is 128 g/mol. The van der Waals surface area contributed by atoms with Crippen molar-refractivity contribution >= 4 is 0 Å². The van der Waals surface area contributed by atoms with Crippen LogP contribution in [-0.4, -0.2) is 6.54 Å². The first-order valence-electron chi connectivity index (χ1n) is 3.46. The van der Waals surface area contributed by atoms with Crippen molar-refractivity contribution in [1.29, 1.82) is 0 Å². The molecule has 0 unspecified atom stereocenters.